The van der Waals surface area contributed by atoms with Crippen LogP contribution in [0.25, 0.3) is 10.9 Å². The lowest BCUT2D eigenvalue weighted by Crippen LogP contribution is -2.41. The van der Waals surface area contributed by atoms with Crippen molar-refractivity contribution in [3.05, 3.63) is 36.0 Å². The molecular weight excluding hydrogens is 421 g/mol. The van der Waals surface area contributed by atoms with Crippen molar-refractivity contribution >= 4 is 30.0 Å². The number of carbonyl (C=O) groups excluding carboxylic acids is 2. The van der Waals surface area contributed by atoms with E-state index in [9.17, 15) is 9.59 Å². The zero-order valence-electron chi connectivity index (χ0n) is 21.1. The molecule has 1 aliphatic rings. The second-order valence-electron chi connectivity index (χ2n) is 10.6. The van der Waals surface area contributed by atoms with Gasteiger partial charge in [0.2, 0.25) is 0 Å². The van der Waals surface area contributed by atoms with E-state index in [1.54, 1.807) is 6.92 Å². The first-order chi connectivity index (χ1) is 15.2. The summed E-state index contributed by atoms with van der Waals surface area (Å²) in [4.78, 5) is 25.1. The topological polar surface area (TPSA) is 76.0 Å². The van der Waals surface area contributed by atoms with Gasteiger partial charge in [-0.3, -0.25) is 9.59 Å². The molecule has 2 heterocycles. The van der Waals surface area contributed by atoms with Crippen molar-refractivity contribution in [1.82, 2.24) is 4.57 Å². The summed E-state index contributed by atoms with van der Waals surface area (Å²) in [6, 6.07) is 7.80. The van der Waals surface area contributed by atoms with Gasteiger partial charge in [0.15, 0.2) is 0 Å². The maximum atomic E-state index is 12.6. The monoisotopic (exact) mass is 457 g/mol. The van der Waals surface area contributed by atoms with Crippen LogP contribution in [-0.4, -0.2) is 47.0 Å². The van der Waals surface area contributed by atoms with Crippen molar-refractivity contribution in [2.45, 2.75) is 91.0 Å². The van der Waals surface area contributed by atoms with Crippen LogP contribution >= 0.6 is 0 Å². The van der Waals surface area contributed by atoms with Crippen molar-refractivity contribution in [3.63, 3.8) is 0 Å². The number of rotatable bonds is 7. The van der Waals surface area contributed by atoms with E-state index in [1.807, 2.05) is 83.5 Å². The molecular formula is C25H36BNO6. The van der Waals surface area contributed by atoms with E-state index in [-0.39, 0.29) is 24.9 Å². The van der Waals surface area contributed by atoms with Crippen LogP contribution in [0.3, 0.4) is 0 Å². The van der Waals surface area contributed by atoms with E-state index in [2.05, 4.69) is 0 Å². The predicted molar refractivity (Wildman–Crippen MR) is 128 cm³/mol. The SMILES string of the molecule is CCOC(=O)CC(B1OC(C)(C)C(C)(C)O1)c1cn(CC(=O)OC(C)(C)C)c2ccccc12. The Hall–Kier alpha value is -2.32. The molecule has 0 saturated carbocycles. The highest BCUT2D eigenvalue weighted by molar-refractivity contribution is 6.48. The van der Waals surface area contributed by atoms with Gasteiger partial charge in [-0.05, 0) is 67.0 Å². The van der Waals surface area contributed by atoms with Crippen LogP contribution in [0.5, 0.6) is 0 Å². The van der Waals surface area contributed by atoms with Gasteiger partial charge in [-0.1, -0.05) is 18.2 Å². The smallest absolute Gasteiger partial charge is 0.466 e. The quantitative estimate of drug-likeness (QED) is 0.445. The Balaban J connectivity index is 2.03. The molecule has 1 atom stereocenters. The van der Waals surface area contributed by atoms with Gasteiger partial charge >= 0.3 is 19.1 Å². The molecule has 1 saturated heterocycles. The van der Waals surface area contributed by atoms with E-state index in [0.717, 1.165) is 16.5 Å². The lowest BCUT2D eigenvalue weighted by molar-refractivity contribution is -0.155. The third-order valence-corrected chi connectivity index (χ3v) is 6.23. The van der Waals surface area contributed by atoms with Crippen molar-refractivity contribution in [1.29, 1.82) is 0 Å². The minimum atomic E-state index is -0.639. The summed E-state index contributed by atoms with van der Waals surface area (Å²) in [5.41, 5.74) is 0.0983. The third-order valence-electron chi connectivity index (χ3n) is 6.23. The van der Waals surface area contributed by atoms with E-state index < -0.39 is 29.7 Å². The molecule has 1 aliphatic heterocycles. The Morgan fingerprint density at radius 3 is 2.24 bits per heavy atom. The molecule has 0 amide bonds. The summed E-state index contributed by atoms with van der Waals surface area (Å²) in [5.74, 6) is -1.05. The third kappa shape index (κ3) is 5.61. The van der Waals surface area contributed by atoms with Crippen LogP contribution in [0.2, 0.25) is 0 Å². The summed E-state index contributed by atoms with van der Waals surface area (Å²) in [7, 11) is -0.639. The maximum absolute atomic E-state index is 12.6. The fourth-order valence-electron chi connectivity index (χ4n) is 4.02. The van der Waals surface area contributed by atoms with Gasteiger partial charge in [0, 0.05) is 22.9 Å². The molecule has 1 aromatic carbocycles. The highest BCUT2D eigenvalue weighted by Crippen LogP contribution is 2.43. The fourth-order valence-corrected chi connectivity index (χ4v) is 4.02. The number of carbonyl (C=O) groups is 2. The van der Waals surface area contributed by atoms with Crippen molar-refractivity contribution in [3.8, 4) is 0 Å². The Bertz CT molecular complexity index is 1000. The second-order valence-corrected chi connectivity index (χ2v) is 10.6. The average Bonchev–Trinajstić information content (AvgIpc) is 3.12. The molecule has 1 unspecified atom stereocenters. The highest BCUT2D eigenvalue weighted by atomic mass is 16.7. The Morgan fingerprint density at radius 1 is 1.06 bits per heavy atom. The molecule has 3 rings (SSSR count). The lowest BCUT2D eigenvalue weighted by Gasteiger charge is -2.32. The summed E-state index contributed by atoms with van der Waals surface area (Å²) in [5, 5.41) is 0.935. The summed E-state index contributed by atoms with van der Waals surface area (Å²) in [6.07, 6.45) is 2.01. The largest absolute Gasteiger partial charge is 0.466 e. The molecule has 33 heavy (non-hydrogen) atoms. The Morgan fingerprint density at radius 2 is 1.67 bits per heavy atom. The van der Waals surface area contributed by atoms with Crippen LogP contribution in [0, 0.1) is 0 Å². The molecule has 2 aromatic rings. The fraction of sp³-hybridized carbons (Fsp3) is 0.600. The van der Waals surface area contributed by atoms with Crippen LogP contribution in [0.4, 0.5) is 0 Å². The number of nitrogens with zero attached hydrogens (tertiary/aromatic N) is 1. The summed E-state index contributed by atoms with van der Waals surface area (Å²) in [6.45, 7) is 15.6. The van der Waals surface area contributed by atoms with E-state index in [0.29, 0.717) is 6.61 Å². The molecule has 0 radical (unpaired) electrons. The van der Waals surface area contributed by atoms with Gasteiger partial charge < -0.3 is 23.3 Å². The number of fused-ring (bicyclic) bond motifs is 1. The van der Waals surface area contributed by atoms with Gasteiger partial charge in [-0.25, -0.2) is 0 Å². The van der Waals surface area contributed by atoms with Crippen molar-refractivity contribution < 1.29 is 28.4 Å². The lowest BCUT2D eigenvalue weighted by atomic mass is 9.66. The second kappa shape index (κ2) is 9.14. The normalized spacial score (nSPS) is 18.4. The Labute approximate surface area is 196 Å². The first-order valence-electron chi connectivity index (χ1n) is 11.5. The van der Waals surface area contributed by atoms with Crippen molar-refractivity contribution in [2.24, 2.45) is 0 Å². The molecule has 0 spiro atoms. The zero-order valence-corrected chi connectivity index (χ0v) is 21.1. The molecule has 0 N–H and O–H groups in total. The molecule has 1 aromatic heterocycles. The standard InChI is InChI=1S/C25H36BNO6/c1-9-30-21(28)14-19(26-32-24(5,6)25(7,8)33-26)18-15-27(16-22(29)31-23(2,3)4)20-13-11-10-12-17(18)20/h10-13,15,19H,9,14,16H2,1-8H3. The van der Waals surface area contributed by atoms with E-state index >= 15 is 0 Å². The van der Waals surface area contributed by atoms with Gasteiger partial charge in [0.25, 0.3) is 0 Å². The molecule has 7 nitrogen and oxygen atoms in total. The zero-order chi connectivity index (χ0) is 24.6. The number of esters is 2. The van der Waals surface area contributed by atoms with E-state index in [4.69, 9.17) is 18.8 Å². The van der Waals surface area contributed by atoms with Gasteiger partial charge in [-0.15, -0.1) is 0 Å². The van der Waals surface area contributed by atoms with Gasteiger partial charge in [-0.2, -0.15) is 0 Å². The van der Waals surface area contributed by atoms with Crippen LogP contribution in [0.15, 0.2) is 30.5 Å². The first kappa shape index (κ1) is 25.3. The van der Waals surface area contributed by atoms with Gasteiger partial charge in [0.05, 0.1) is 24.2 Å². The van der Waals surface area contributed by atoms with Crippen LogP contribution < -0.4 is 0 Å². The minimum absolute atomic E-state index is 0.0628. The van der Waals surface area contributed by atoms with E-state index in [1.165, 1.54) is 0 Å². The van der Waals surface area contributed by atoms with Gasteiger partial charge in [0.1, 0.15) is 12.1 Å². The molecule has 0 aliphatic carbocycles. The first-order valence-corrected chi connectivity index (χ1v) is 11.5. The number of ether oxygens (including phenoxy) is 2. The Kier molecular flexibility index (Phi) is 7.01. The molecule has 180 valence electrons. The van der Waals surface area contributed by atoms with Crippen LogP contribution in [-0.2, 0) is 34.9 Å². The minimum Gasteiger partial charge on any atom is -0.466 e. The summed E-state index contributed by atoms with van der Waals surface area (Å²) < 4.78 is 25.3. The number of hydrogen-bond acceptors (Lipinski definition) is 6. The summed E-state index contributed by atoms with van der Waals surface area (Å²) >= 11 is 0. The predicted octanol–water partition coefficient (Wildman–Crippen LogP) is 4.65. The van der Waals surface area contributed by atoms with Crippen LogP contribution in [0.1, 0.15) is 73.2 Å². The molecule has 0 bridgehead atoms. The number of benzene rings is 1. The number of para-hydroxylation sites is 1. The maximum Gasteiger partial charge on any atom is 0.466 e. The number of aromatic nitrogens is 1. The average molecular weight is 457 g/mol. The van der Waals surface area contributed by atoms with Crippen molar-refractivity contribution in [2.75, 3.05) is 6.61 Å². The highest BCUT2D eigenvalue weighted by Gasteiger charge is 2.54. The molecule has 8 heteroatoms. The molecule has 1 fully saturated rings. The number of hydrogen-bond donors (Lipinski definition) is 0.